The highest BCUT2D eigenvalue weighted by Gasteiger charge is 2.44. The predicted octanol–water partition coefficient (Wildman–Crippen LogP) is 3.49. The molecule has 0 spiro atoms. The van der Waals surface area contributed by atoms with Crippen LogP contribution < -0.4 is 0 Å². The van der Waals surface area contributed by atoms with E-state index in [1.165, 1.54) is 6.92 Å². The van der Waals surface area contributed by atoms with Crippen LogP contribution in [0, 0.1) is 11.8 Å². The second kappa shape index (κ2) is 8.74. The molecule has 0 radical (unpaired) electrons. The fraction of sp³-hybridized carbons (Fsp3) is 0.895. The summed E-state index contributed by atoms with van der Waals surface area (Å²) in [5.74, 6) is 0.113. The third-order valence-corrected chi connectivity index (χ3v) is 6.97. The SMILES string of the molecule is C=P(C)(OCC1OC(C)C(C)C1OC(C)=O)OC1C(CC)OC(C)C1C. The van der Waals surface area contributed by atoms with Gasteiger partial charge in [0, 0.05) is 25.4 Å². The van der Waals surface area contributed by atoms with Gasteiger partial charge in [-0.05, 0) is 20.3 Å². The minimum atomic E-state index is -2.31. The Bertz CT molecular complexity index is 538. The highest BCUT2D eigenvalue weighted by molar-refractivity contribution is 7.63. The maximum absolute atomic E-state index is 11.4. The first-order chi connectivity index (χ1) is 12.1. The summed E-state index contributed by atoms with van der Waals surface area (Å²) >= 11 is 0. The third-order valence-electron chi connectivity index (χ3n) is 5.59. The fourth-order valence-electron chi connectivity index (χ4n) is 3.69. The molecule has 2 heterocycles. The second-order valence-electron chi connectivity index (χ2n) is 7.84. The molecule has 0 aromatic carbocycles. The lowest BCUT2D eigenvalue weighted by atomic mass is 9.98. The van der Waals surface area contributed by atoms with Crippen LogP contribution in [0.15, 0.2) is 0 Å². The summed E-state index contributed by atoms with van der Waals surface area (Å²) in [6.07, 6.45) is 4.72. The second-order valence-corrected chi connectivity index (χ2v) is 10.3. The van der Waals surface area contributed by atoms with Crippen molar-refractivity contribution in [2.24, 2.45) is 11.8 Å². The molecule has 0 N–H and O–H groups in total. The van der Waals surface area contributed by atoms with Gasteiger partial charge in [0.2, 0.25) is 0 Å². The molecule has 6 nitrogen and oxygen atoms in total. The summed E-state index contributed by atoms with van der Waals surface area (Å²) in [5.41, 5.74) is 0. The molecule has 9 atom stereocenters. The molecule has 152 valence electrons. The van der Waals surface area contributed by atoms with Gasteiger partial charge in [-0.3, -0.25) is 4.79 Å². The van der Waals surface area contributed by atoms with Crippen molar-refractivity contribution in [2.75, 3.05) is 13.3 Å². The molecule has 2 saturated heterocycles. The first-order valence-electron chi connectivity index (χ1n) is 9.57. The summed E-state index contributed by atoms with van der Waals surface area (Å²) in [5, 5.41) is 0. The topological polar surface area (TPSA) is 63.2 Å². The minimum Gasteiger partial charge on any atom is -0.459 e. The molecule has 0 bridgehead atoms. The Kier molecular flexibility index (Phi) is 7.37. The van der Waals surface area contributed by atoms with Gasteiger partial charge in [-0.25, -0.2) is 0 Å². The van der Waals surface area contributed by atoms with Gasteiger partial charge in [-0.1, -0.05) is 27.1 Å². The van der Waals surface area contributed by atoms with Crippen LogP contribution >= 0.6 is 7.34 Å². The molecule has 0 aromatic rings. The lowest BCUT2D eigenvalue weighted by molar-refractivity contribution is -0.151. The molecular weight excluding hydrogens is 355 g/mol. The summed E-state index contributed by atoms with van der Waals surface area (Å²) < 4.78 is 29.7. The Morgan fingerprint density at radius 1 is 1.04 bits per heavy atom. The van der Waals surface area contributed by atoms with E-state index in [1.807, 2.05) is 20.5 Å². The molecule has 2 fully saturated rings. The maximum Gasteiger partial charge on any atom is 0.303 e. The van der Waals surface area contributed by atoms with Crippen LogP contribution in [0.4, 0.5) is 0 Å². The maximum atomic E-state index is 11.4. The molecule has 0 saturated carbocycles. The zero-order valence-electron chi connectivity index (χ0n) is 17.1. The van der Waals surface area contributed by atoms with Crippen molar-refractivity contribution in [3.05, 3.63) is 0 Å². The van der Waals surface area contributed by atoms with Gasteiger partial charge >= 0.3 is 5.97 Å². The van der Waals surface area contributed by atoms with Crippen molar-refractivity contribution in [3.8, 4) is 0 Å². The molecule has 2 rings (SSSR count). The highest BCUT2D eigenvalue weighted by Crippen LogP contribution is 2.49. The molecule has 7 heteroatoms. The first kappa shape index (κ1) is 21.9. The van der Waals surface area contributed by atoms with Gasteiger partial charge in [0.1, 0.15) is 19.5 Å². The van der Waals surface area contributed by atoms with E-state index in [1.54, 1.807) is 0 Å². The standard InChI is InChI=1S/C19H35O6P/c1-9-16-19(12(3)14(5)22-16)25-26(7,8)21-10-17-18(24-15(6)20)11(2)13(4)23-17/h11-14,16-19H,7,9-10H2,1-6,8H3. The van der Waals surface area contributed by atoms with Gasteiger partial charge in [0.25, 0.3) is 0 Å². The Hall–Kier alpha value is -0.390. The molecule has 0 aliphatic carbocycles. The van der Waals surface area contributed by atoms with E-state index >= 15 is 0 Å². The van der Waals surface area contributed by atoms with Crippen molar-refractivity contribution >= 4 is 19.6 Å². The van der Waals surface area contributed by atoms with Crippen molar-refractivity contribution in [2.45, 2.75) is 84.6 Å². The van der Waals surface area contributed by atoms with E-state index in [9.17, 15) is 4.79 Å². The Balaban J connectivity index is 1.96. The molecular formula is C19H35O6P. The molecule has 2 aliphatic heterocycles. The Morgan fingerprint density at radius 3 is 2.12 bits per heavy atom. The van der Waals surface area contributed by atoms with Crippen LogP contribution in [0.25, 0.3) is 0 Å². The predicted molar refractivity (Wildman–Crippen MR) is 104 cm³/mol. The van der Waals surface area contributed by atoms with Gasteiger partial charge < -0.3 is 23.3 Å². The highest BCUT2D eigenvalue weighted by atomic mass is 31.2. The average molecular weight is 390 g/mol. The van der Waals surface area contributed by atoms with Crippen LogP contribution in [0.3, 0.4) is 0 Å². The summed E-state index contributed by atoms with van der Waals surface area (Å²) in [7, 11) is -2.31. The van der Waals surface area contributed by atoms with Crippen LogP contribution in [0.2, 0.25) is 0 Å². The van der Waals surface area contributed by atoms with E-state index < -0.39 is 7.34 Å². The zero-order valence-corrected chi connectivity index (χ0v) is 18.0. The number of carbonyl (C=O) groups excluding carboxylic acids is 1. The smallest absolute Gasteiger partial charge is 0.303 e. The lowest BCUT2D eigenvalue weighted by Crippen LogP contribution is -2.34. The van der Waals surface area contributed by atoms with Gasteiger partial charge in [0.05, 0.1) is 31.0 Å². The normalized spacial score (nSPS) is 42.6. The van der Waals surface area contributed by atoms with Gasteiger partial charge in [0.15, 0.2) is 0 Å². The van der Waals surface area contributed by atoms with E-state index in [0.29, 0.717) is 12.5 Å². The molecule has 26 heavy (non-hydrogen) atoms. The van der Waals surface area contributed by atoms with E-state index in [-0.39, 0.29) is 48.5 Å². The quantitative estimate of drug-likeness (QED) is 0.490. The van der Waals surface area contributed by atoms with Crippen LogP contribution in [-0.4, -0.2) is 62.2 Å². The Morgan fingerprint density at radius 2 is 1.58 bits per heavy atom. The molecule has 0 aromatic heterocycles. The molecule has 2 aliphatic rings. The van der Waals surface area contributed by atoms with Gasteiger partial charge in [-0.2, -0.15) is 0 Å². The van der Waals surface area contributed by atoms with E-state index in [2.05, 4.69) is 27.1 Å². The fourth-order valence-corrected chi connectivity index (χ4v) is 5.05. The molecule has 9 unspecified atom stereocenters. The monoisotopic (exact) mass is 390 g/mol. The van der Waals surface area contributed by atoms with E-state index in [0.717, 1.165) is 6.42 Å². The van der Waals surface area contributed by atoms with E-state index in [4.69, 9.17) is 23.3 Å². The lowest BCUT2D eigenvalue weighted by Gasteiger charge is -2.30. The number of ether oxygens (including phenoxy) is 3. The van der Waals surface area contributed by atoms with Crippen molar-refractivity contribution in [3.63, 3.8) is 0 Å². The number of hydrogen-bond donors (Lipinski definition) is 0. The van der Waals surface area contributed by atoms with Crippen molar-refractivity contribution < 1.29 is 28.1 Å². The summed E-state index contributed by atoms with van der Waals surface area (Å²) in [4.78, 5) is 11.4. The minimum absolute atomic E-state index is 0.0110. The largest absolute Gasteiger partial charge is 0.459 e. The van der Waals surface area contributed by atoms with Crippen LogP contribution in [-0.2, 0) is 28.1 Å². The summed E-state index contributed by atoms with van der Waals surface area (Å²) in [6, 6.07) is 0. The van der Waals surface area contributed by atoms with Gasteiger partial charge in [-0.15, -0.1) is 0 Å². The van der Waals surface area contributed by atoms with Crippen molar-refractivity contribution in [1.29, 1.82) is 0 Å². The average Bonchev–Trinajstić information content (AvgIpc) is 2.97. The number of hydrogen-bond acceptors (Lipinski definition) is 6. The number of esters is 1. The first-order valence-corrected chi connectivity index (χ1v) is 11.8. The Labute approximate surface area is 158 Å². The number of carbonyl (C=O) groups is 1. The molecule has 0 amide bonds. The third kappa shape index (κ3) is 5.11. The zero-order chi connectivity index (χ0) is 19.6. The number of rotatable bonds is 7. The van der Waals surface area contributed by atoms with Crippen molar-refractivity contribution in [1.82, 2.24) is 0 Å². The van der Waals surface area contributed by atoms with Crippen LogP contribution in [0.5, 0.6) is 0 Å². The summed E-state index contributed by atoms with van der Waals surface area (Å²) in [6.45, 7) is 14.0. The van der Waals surface area contributed by atoms with Crippen LogP contribution in [0.1, 0.15) is 48.0 Å².